The molecular formula is C12H22O11. The van der Waals surface area contributed by atoms with Gasteiger partial charge in [-0.25, -0.2) is 0 Å². The minimum Gasteiger partial charge on any atom is -0.394 e. The molecule has 0 amide bonds. The highest BCUT2D eigenvalue weighted by atomic mass is 16.7. The van der Waals surface area contributed by atoms with Gasteiger partial charge in [-0.15, -0.1) is 0 Å². The van der Waals surface area contributed by atoms with Crippen LogP contribution in [0.5, 0.6) is 0 Å². The molecule has 0 aromatic heterocycles. The largest absolute Gasteiger partial charge is 0.394 e. The summed E-state index contributed by atoms with van der Waals surface area (Å²) in [7, 11) is 0. The molecule has 23 heavy (non-hydrogen) atoms. The topological polar surface area (TPSA) is 201 Å². The van der Waals surface area contributed by atoms with Crippen LogP contribution in [-0.2, 0) is 9.47 Å². The summed E-state index contributed by atoms with van der Waals surface area (Å²) < 4.78 is 9.91. The highest BCUT2D eigenvalue weighted by Gasteiger charge is 2.63. The number of aliphatic hydroxyl groups is 9. The summed E-state index contributed by atoms with van der Waals surface area (Å²) in [4.78, 5) is 0. The highest BCUT2D eigenvalue weighted by molar-refractivity contribution is 5.10. The van der Waals surface area contributed by atoms with Gasteiger partial charge in [0.1, 0.15) is 48.8 Å². The first-order chi connectivity index (χ1) is 10.7. The van der Waals surface area contributed by atoms with Crippen molar-refractivity contribution in [2.45, 2.75) is 60.7 Å². The number of rotatable bonds is 3. The Balaban J connectivity index is 2.33. The summed E-state index contributed by atoms with van der Waals surface area (Å²) in [5.74, 6) is 0. The summed E-state index contributed by atoms with van der Waals surface area (Å²) in [5, 5.41) is 88.1. The van der Waals surface area contributed by atoms with E-state index in [1.807, 2.05) is 0 Å². The molecule has 0 bridgehead atoms. The molecule has 2 unspecified atom stereocenters. The van der Waals surface area contributed by atoms with Crippen LogP contribution in [0.15, 0.2) is 0 Å². The van der Waals surface area contributed by atoms with Crippen LogP contribution in [0, 0.1) is 0 Å². The number of hydrogen-bond acceptors (Lipinski definition) is 11. The van der Waals surface area contributed by atoms with Gasteiger partial charge in [-0.3, -0.25) is 0 Å². The third-order valence-electron chi connectivity index (χ3n) is 4.41. The summed E-state index contributed by atoms with van der Waals surface area (Å²) >= 11 is 0. The number of aliphatic hydroxyl groups excluding tert-OH is 8. The van der Waals surface area contributed by atoms with Crippen LogP contribution < -0.4 is 0 Å². The minimum absolute atomic E-state index is 0.764. The SMILES string of the molecule is OC[C@H]1OC([C@]2(O)C(O)O[C@H](CO)[C@H](O)[C@@H]2O)[C@H](O)[C@@H](O)[C@@H]1O. The number of ether oxygens (including phenoxy) is 2. The quantitative estimate of drug-likeness (QED) is 0.236. The molecule has 11 heteroatoms. The van der Waals surface area contributed by atoms with E-state index in [9.17, 15) is 35.7 Å². The van der Waals surface area contributed by atoms with Gasteiger partial charge in [-0.2, -0.15) is 0 Å². The van der Waals surface area contributed by atoms with E-state index in [1.54, 1.807) is 0 Å². The summed E-state index contributed by atoms with van der Waals surface area (Å²) in [5.41, 5.74) is -2.79. The van der Waals surface area contributed by atoms with Crippen molar-refractivity contribution in [3.05, 3.63) is 0 Å². The average Bonchev–Trinajstić information content (AvgIpc) is 2.54. The molecular weight excluding hydrogens is 320 g/mol. The highest BCUT2D eigenvalue weighted by Crippen LogP contribution is 2.38. The Hall–Kier alpha value is -0.440. The lowest BCUT2D eigenvalue weighted by Crippen LogP contribution is -2.76. The van der Waals surface area contributed by atoms with Crippen molar-refractivity contribution in [2.75, 3.05) is 13.2 Å². The first-order valence-electron chi connectivity index (χ1n) is 7.03. The van der Waals surface area contributed by atoms with Gasteiger partial charge < -0.3 is 55.4 Å². The molecule has 10 atom stereocenters. The van der Waals surface area contributed by atoms with E-state index < -0.39 is 73.9 Å². The Morgan fingerprint density at radius 2 is 1.22 bits per heavy atom. The van der Waals surface area contributed by atoms with Gasteiger partial charge in [0.05, 0.1) is 13.2 Å². The van der Waals surface area contributed by atoms with Crippen molar-refractivity contribution in [3.8, 4) is 0 Å². The molecule has 2 fully saturated rings. The van der Waals surface area contributed by atoms with Crippen LogP contribution >= 0.6 is 0 Å². The van der Waals surface area contributed by atoms with Crippen LogP contribution in [0.25, 0.3) is 0 Å². The maximum absolute atomic E-state index is 10.6. The predicted octanol–water partition coefficient (Wildman–Crippen LogP) is -6.01. The van der Waals surface area contributed by atoms with Crippen molar-refractivity contribution in [1.29, 1.82) is 0 Å². The molecule has 2 saturated heterocycles. The second-order valence-electron chi connectivity index (χ2n) is 5.78. The van der Waals surface area contributed by atoms with Crippen LogP contribution in [0.2, 0.25) is 0 Å². The molecule has 0 radical (unpaired) electrons. The van der Waals surface area contributed by atoms with Gasteiger partial charge in [-0.05, 0) is 0 Å². The van der Waals surface area contributed by atoms with Crippen LogP contribution in [0.1, 0.15) is 0 Å². The predicted molar refractivity (Wildman–Crippen MR) is 68.7 cm³/mol. The molecule has 11 nitrogen and oxygen atoms in total. The van der Waals surface area contributed by atoms with Gasteiger partial charge in [0.2, 0.25) is 0 Å². The Labute approximate surface area is 130 Å². The maximum atomic E-state index is 10.6. The zero-order valence-corrected chi connectivity index (χ0v) is 12.0. The Kier molecular flexibility index (Phi) is 5.60. The van der Waals surface area contributed by atoms with Crippen molar-refractivity contribution >= 4 is 0 Å². The van der Waals surface area contributed by atoms with E-state index in [-0.39, 0.29) is 0 Å². The maximum Gasteiger partial charge on any atom is 0.189 e. The first-order valence-corrected chi connectivity index (χ1v) is 7.03. The Bertz CT molecular complexity index is 406. The molecule has 0 aromatic rings. The fourth-order valence-electron chi connectivity index (χ4n) is 2.92. The summed E-state index contributed by atoms with van der Waals surface area (Å²) in [6, 6.07) is 0. The lowest BCUT2D eigenvalue weighted by atomic mass is 9.77. The number of hydrogen-bond donors (Lipinski definition) is 9. The monoisotopic (exact) mass is 342 g/mol. The van der Waals surface area contributed by atoms with E-state index in [4.69, 9.17) is 19.7 Å². The zero-order valence-electron chi connectivity index (χ0n) is 12.0. The molecule has 2 aliphatic rings. The molecule has 0 aromatic carbocycles. The minimum atomic E-state index is -2.79. The van der Waals surface area contributed by atoms with Gasteiger partial charge in [-0.1, -0.05) is 0 Å². The first kappa shape index (κ1) is 18.9. The second kappa shape index (κ2) is 6.82. The molecule has 0 saturated carbocycles. The second-order valence-corrected chi connectivity index (χ2v) is 5.78. The van der Waals surface area contributed by atoms with E-state index in [0.29, 0.717) is 0 Å². The van der Waals surface area contributed by atoms with Gasteiger partial charge in [0, 0.05) is 0 Å². The van der Waals surface area contributed by atoms with E-state index in [1.165, 1.54) is 0 Å². The molecule has 9 N–H and O–H groups in total. The Morgan fingerprint density at radius 1 is 0.696 bits per heavy atom. The molecule has 0 spiro atoms. The molecule has 136 valence electrons. The third kappa shape index (κ3) is 2.88. The van der Waals surface area contributed by atoms with Crippen molar-refractivity contribution in [1.82, 2.24) is 0 Å². The standard InChI is InChI=1S/C12H22O11/c13-1-3-5(15)7(17)8(18)10(22-3)12(21)9(19)6(16)4(2-14)23-11(12)20/h3-11,13-21H,1-2H2/t3-,4-,5-,6+,7+,8-,9+,10?,11?,12+/m1/s1. The van der Waals surface area contributed by atoms with Gasteiger partial charge in [0.15, 0.2) is 11.9 Å². The zero-order chi connectivity index (χ0) is 17.5. The van der Waals surface area contributed by atoms with Crippen LogP contribution in [0.4, 0.5) is 0 Å². The van der Waals surface area contributed by atoms with Crippen LogP contribution in [-0.4, -0.2) is 120 Å². The summed E-state index contributed by atoms with van der Waals surface area (Å²) in [6.45, 7) is -1.55. The smallest absolute Gasteiger partial charge is 0.189 e. The Morgan fingerprint density at radius 3 is 1.74 bits per heavy atom. The lowest BCUT2D eigenvalue weighted by Gasteiger charge is -2.53. The van der Waals surface area contributed by atoms with Gasteiger partial charge in [0.25, 0.3) is 0 Å². The lowest BCUT2D eigenvalue weighted by molar-refractivity contribution is -0.378. The summed E-state index contributed by atoms with van der Waals surface area (Å²) in [6.07, 6.45) is -16.4. The van der Waals surface area contributed by atoms with Gasteiger partial charge >= 0.3 is 0 Å². The fourth-order valence-corrected chi connectivity index (χ4v) is 2.92. The van der Waals surface area contributed by atoms with E-state index >= 15 is 0 Å². The van der Waals surface area contributed by atoms with Crippen LogP contribution in [0.3, 0.4) is 0 Å². The fraction of sp³-hybridized carbons (Fsp3) is 1.00. The molecule has 2 aliphatic heterocycles. The van der Waals surface area contributed by atoms with E-state index in [0.717, 1.165) is 0 Å². The molecule has 2 rings (SSSR count). The molecule has 0 aliphatic carbocycles. The van der Waals surface area contributed by atoms with Crippen molar-refractivity contribution in [2.24, 2.45) is 0 Å². The normalized spacial score (nSPS) is 54.9. The van der Waals surface area contributed by atoms with Crippen molar-refractivity contribution in [3.63, 3.8) is 0 Å². The third-order valence-corrected chi connectivity index (χ3v) is 4.41. The average molecular weight is 342 g/mol. The van der Waals surface area contributed by atoms with Crippen molar-refractivity contribution < 1.29 is 55.4 Å². The molecule has 2 heterocycles. The van der Waals surface area contributed by atoms with E-state index in [2.05, 4.69) is 0 Å².